The molecule has 0 aliphatic heterocycles. The molecule has 0 aromatic heterocycles. The smallest absolute Gasteiger partial charge is 0.272 e. The Morgan fingerprint density at radius 2 is 1.81 bits per heavy atom. The van der Waals surface area contributed by atoms with Crippen LogP contribution in [0.5, 0.6) is 5.75 Å². The molecule has 0 saturated heterocycles. The van der Waals surface area contributed by atoms with Crippen molar-refractivity contribution in [2.75, 3.05) is 0 Å². The molecule has 2 fully saturated rings. The maximum atomic E-state index is 10.8. The van der Waals surface area contributed by atoms with E-state index in [1.807, 2.05) is 0 Å². The van der Waals surface area contributed by atoms with E-state index in [0.717, 1.165) is 32.1 Å². The summed E-state index contributed by atoms with van der Waals surface area (Å²) in [6.07, 6.45) is 5.15. The van der Waals surface area contributed by atoms with E-state index in [0.29, 0.717) is 5.75 Å². The third-order valence-electron chi connectivity index (χ3n) is 4.67. The number of rotatable bonds is 3. The van der Waals surface area contributed by atoms with E-state index in [2.05, 4.69) is 0 Å². The molecule has 0 radical (unpaired) electrons. The van der Waals surface area contributed by atoms with Crippen LogP contribution in [0.15, 0.2) is 12.1 Å². The van der Waals surface area contributed by atoms with Gasteiger partial charge in [0.1, 0.15) is 6.10 Å². The number of nitrogens with zero attached hydrogens (tertiary/aromatic N) is 1. The van der Waals surface area contributed by atoms with Crippen LogP contribution in [-0.4, -0.2) is 16.4 Å². The first-order chi connectivity index (χ1) is 9.94. The summed E-state index contributed by atoms with van der Waals surface area (Å²) in [6, 6.07) is 2.53. The van der Waals surface area contributed by atoms with Crippen molar-refractivity contribution >= 4 is 40.5 Å². The number of nitro groups is 1. The Morgan fingerprint density at radius 1 is 1.24 bits per heavy atom. The molecular weight excluding hydrogens is 337 g/mol. The molecule has 1 aromatic rings. The molecule has 0 heterocycles. The van der Waals surface area contributed by atoms with Crippen molar-refractivity contribution in [3.63, 3.8) is 0 Å². The lowest BCUT2D eigenvalue weighted by Gasteiger charge is -2.51. The fourth-order valence-corrected chi connectivity index (χ4v) is 4.52. The highest BCUT2D eigenvalue weighted by Gasteiger charge is 2.57. The van der Waals surface area contributed by atoms with Crippen LogP contribution in [0.1, 0.15) is 32.1 Å². The molecule has 1 spiro atoms. The molecule has 2 saturated carbocycles. The second-order valence-electron chi connectivity index (χ2n) is 5.75. The van der Waals surface area contributed by atoms with Crippen molar-refractivity contribution in [3.05, 3.63) is 32.3 Å². The zero-order valence-electron chi connectivity index (χ0n) is 11.2. The fourth-order valence-electron chi connectivity index (χ4n) is 3.44. The maximum Gasteiger partial charge on any atom is 0.272 e. The number of ether oxygens (including phenoxy) is 1. The normalized spacial score (nSPS) is 26.6. The fraction of sp³-hybridized carbons (Fsp3) is 0.571. The van der Waals surface area contributed by atoms with Gasteiger partial charge in [-0.1, -0.05) is 36.0 Å². The molecule has 0 amide bonds. The summed E-state index contributed by atoms with van der Waals surface area (Å²) in [6.45, 7) is 0. The molecule has 7 heteroatoms. The molecule has 2 unspecified atom stereocenters. The molecule has 3 rings (SSSR count). The topological polar surface area (TPSA) is 52.4 Å². The van der Waals surface area contributed by atoms with Crippen LogP contribution in [0.25, 0.3) is 0 Å². The van der Waals surface area contributed by atoms with Crippen LogP contribution in [0.2, 0.25) is 10.0 Å². The summed E-state index contributed by atoms with van der Waals surface area (Å²) < 4.78 is 5.98. The summed E-state index contributed by atoms with van der Waals surface area (Å²) in [5.74, 6) is 0.323. The maximum absolute atomic E-state index is 10.8. The average molecular weight is 351 g/mol. The third kappa shape index (κ3) is 2.47. The van der Waals surface area contributed by atoms with E-state index in [9.17, 15) is 10.1 Å². The van der Waals surface area contributed by atoms with Crippen LogP contribution in [0.4, 0.5) is 5.69 Å². The van der Waals surface area contributed by atoms with Gasteiger partial charge in [0, 0.05) is 29.3 Å². The number of hydrogen-bond acceptors (Lipinski definition) is 3. The number of alkyl halides is 1. The second-order valence-corrected chi connectivity index (χ2v) is 7.09. The number of halogens is 3. The van der Waals surface area contributed by atoms with E-state index < -0.39 is 4.92 Å². The molecule has 0 N–H and O–H groups in total. The van der Waals surface area contributed by atoms with E-state index in [1.165, 1.54) is 12.1 Å². The summed E-state index contributed by atoms with van der Waals surface area (Å²) in [5, 5.41) is 11.2. The molecule has 2 aliphatic carbocycles. The van der Waals surface area contributed by atoms with Gasteiger partial charge in [-0.05, 0) is 12.8 Å². The lowest BCUT2D eigenvalue weighted by molar-refractivity contribution is -0.384. The standard InChI is InChI=1S/C14H14Cl3NO3/c15-9-5-8(18(19)20)6-10(16)13(9)21-12-7-11(17)14(12)3-1-2-4-14/h5-6,11-12H,1-4,7H2. The Balaban J connectivity index is 1.84. The first kappa shape index (κ1) is 15.2. The highest BCUT2D eigenvalue weighted by Crippen LogP contribution is 2.57. The largest absolute Gasteiger partial charge is 0.487 e. The minimum atomic E-state index is -0.530. The van der Waals surface area contributed by atoms with Gasteiger partial charge in [0.25, 0.3) is 5.69 Å². The van der Waals surface area contributed by atoms with Gasteiger partial charge in [0.2, 0.25) is 0 Å². The average Bonchev–Trinajstić information content (AvgIpc) is 2.93. The van der Waals surface area contributed by atoms with Crippen LogP contribution < -0.4 is 4.74 Å². The predicted octanol–water partition coefficient (Wildman–Crippen LogP) is 5.22. The molecule has 0 bridgehead atoms. The molecule has 2 aliphatic rings. The van der Waals surface area contributed by atoms with Crippen molar-refractivity contribution in [2.24, 2.45) is 5.41 Å². The number of non-ortho nitro benzene ring substituents is 1. The van der Waals surface area contributed by atoms with Crippen molar-refractivity contribution in [3.8, 4) is 5.75 Å². The number of hydrogen-bond donors (Lipinski definition) is 0. The summed E-state index contributed by atoms with van der Waals surface area (Å²) in [4.78, 5) is 10.3. The van der Waals surface area contributed by atoms with Gasteiger partial charge in [0.15, 0.2) is 5.75 Å². The van der Waals surface area contributed by atoms with E-state index >= 15 is 0 Å². The highest BCUT2D eigenvalue weighted by molar-refractivity contribution is 6.37. The molecule has 21 heavy (non-hydrogen) atoms. The molecule has 4 nitrogen and oxygen atoms in total. The quantitative estimate of drug-likeness (QED) is 0.426. The summed E-state index contributed by atoms with van der Waals surface area (Å²) in [7, 11) is 0. The lowest BCUT2D eigenvalue weighted by atomic mass is 9.64. The number of benzene rings is 1. The Labute approximate surface area is 137 Å². The predicted molar refractivity (Wildman–Crippen MR) is 82.7 cm³/mol. The van der Waals surface area contributed by atoms with Crippen molar-refractivity contribution in [2.45, 2.75) is 43.6 Å². The van der Waals surface area contributed by atoms with Crippen molar-refractivity contribution in [1.29, 1.82) is 0 Å². The lowest BCUT2D eigenvalue weighted by Crippen LogP contribution is -2.55. The minimum Gasteiger partial charge on any atom is -0.487 e. The van der Waals surface area contributed by atoms with E-state index in [-0.39, 0.29) is 32.6 Å². The van der Waals surface area contributed by atoms with Gasteiger partial charge in [-0.3, -0.25) is 10.1 Å². The highest BCUT2D eigenvalue weighted by atomic mass is 35.5. The van der Waals surface area contributed by atoms with E-state index in [4.69, 9.17) is 39.5 Å². The SMILES string of the molecule is O=[N+]([O-])c1cc(Cl)c(OC2CC(Cl)C23CCCC3)c(Cl)c1. The minimum absolute atomic E-state index is 0.00991. The Kier molecular flexibility index (Phi) is 3.97. The van der Waals surface area contributed by atoms with Crippen molar-refractivity contribution in [1.82, 2.24) is 0 Å². The van der Waals surface area contributed by atoms with Crippen molar-refractivity contribution < 1.29 is 9.66 Å². The summed E-state index contributed by atoms with van der Waals surface area (Å²) >= 11 is 18.6. The first-order valence-electron chi connectivity index (χ1n) is 6.88. The Hall–Kier alpha value is -0.710. The van der Waals surface area contributed by atoms with Crippen LogP contribution in [0.3, 0.4) is 0 Å². The summed E-state index contributed by atoms with van der Waals surface area (Å²) in [5.41, 5.74) is -0.132. The zero-order chi connectivity index (χ0) is 15.2. The van der Waals surface area contributed by atoms with Gasteiger partial charge >= 0.3 is 0 Å². The first-order valence-corrected chi connectivity index (χ1v) is 8.07. The Bertz CT molecular complexity index is 564. The molecular formula is C14H14Cl3NO3. The monoisotopic (exact) mass is 349 g/mol. The second kappa shape index (κ2) is 5.49. The molecule has 1 aromatic carbocycles. The Morgan fingerprint density at radius 3 is 2.29 bits per heavy atom. The number of nitro benzene ring substituents is 1. The van der Waals surface area contributed by atoms with Gasteiger partial charge in [-0.25, -0.2) is 0 Å². The van der Waals surface area contributed by atoms with Crippen LogP contribution in [-0.2, 0) is 0 Å². The van der Waals surface area contributed by atoms with Gasteiger partial charge in [0.05, 0.1) is 15.0 Å². The zero-order valence-corrected chi connectivity index (χ0v) is 13.4. The van der Waals surface area contributed by atoms with Gasteiger partial charge in [-0.2, -0.15) is 0 Å². The third-order valence-corrected chi connectivity index (χ3v) is 5.85. The van der Waals surface area contributed by atoms with Crippen LogP contribution >= 0.6 is 34.8 Å². The van der Waals surface area contributed by atoms with Gasteiger partial charge < -0.3 is 4.74 Å². The molecule has 114 valence electrons. The molecule has 2 atom stereocenters. The van der Waals surface area contributed by atoms with Gasteiger partial charge in [-0.15, -0.1) is 11.6 Å². The van der Waals surface area contributed by atoms with E-state index in [1.54, 1.807) is 0 Å². The van der Waals surface area contributed by atoms with Crippen LogP contribution in [0, 0.1) is 15.5 Å².